The number of anilines is 1. The summed E-state index contributed by atoms with van der Waals surface area (Å²) in [6.07, 6.45) is 1.91. The normalized spacial score (nSPS) is 37.0. The summed E-state index contributed by atoms with van der Waals surface area (Å²) in [4.78, 5) is 24.4. The highest BCUT2D eigenvalue weighted by Crippen LogP contribution is 2.57. The number of hydrogen-bond acceptors (Lipinski definition) is 3. The lowest BCUT2D eigenvalue weighted by atomic mass is 9.79. The summed E-state index contributed by atoms with van der Waals surface area (Å²) in [6.45, 7) is 2.01. The fourth-order valence-corrected chi connectivity index (χ4v) is 4.23. The molecule has 1 amide bonds. The van der Waals surface area contributed by atoms with Crippen molar-refractivity contribution in [3.8, 4) is 0 Å². The predicted molar refractivity (Wildman–Crippen MR) is 72.9 cm³/mol. The maximum Gasteiger partial charge on any atom is 0.310 e. The van der Waals surface area contributed by atoms with Gasteiger partial charge in [-0.1, -0.05) is 17.7 Å². The molecule has 0 aromatic heterocycles. The Morgan fingerprint density at radius 3 is 2.75 bits per heavy atom. The molecular formula is C16H17NO3. The predicted octanol–water partition coefficient (Wildman–Crippen LogP) is 2.13. The molecule has 3 fully saturated rings. The highest BCUT2D eigenvalue weighted by molar-refractivity contribution is 5.96. The highest BCUT2D eigenvalue weighted by Gasteiger charge is 2.63. The first-order chi connectivity index (χ1) is 9.63. The molecule has 1 N–H and O–H groups in total. The van der Waals surface area contributed by atoms with Crippen LogP contribution in [0.5, 0.6) is 0 Å². The lowest BCUT2D eigenvalue weighted by Gasteiger charge is -2.23. The van der Waals surface area contributed by atoms with E-state index in [0.717, 1.165) is 24.1 Å². The van der Waals surface area contributed by atoms with E-state index in [1.165, 1.54) is 0 Å². The van der Waals surface area contributed by atoms with Crippen LogP contribution in [0.3, 0.4) is 0 Å². The van der Waals surface area contributed by atoms with Gasteiger partial charge >= 0.3 is 5.97 Å². The molecule has 4 heteroatoms. The third-order valence-corrected chi connectivity index (χ3v) is 5.11. The number of carbonyl (C=O) groups is 2. The minimum atomic E-state index is -0.204. The third kappa shape index (κ3) is 1.60. The van der Waals surface area contributed by atoms with Crippen LogP contribution in [-0.4, -0.2) is 18.0 Å². The lowest BCUT2D eigenvalue weighted by Crippen LogP contribution is -2.35. The van der Waals surface area contributed by atoms with Crippen LogP contribution in [0.15, 0.2) is 24.3 Å². The van der Waals surface area contributed by atoms with Crippen molar-refractivity contribution in [2.75, 3.05) is 5.32 Å². The van der Waals surface area contributed by atoms with Crippen molar-refractivity contribution in [1.82, 2.24) is 0 Å². The number of esters is 1. The fourth-order valence-electron chi connectivity index (χ4n) is 4.23. The van der Waals surface area contributed by atoms with Crippen LogP contribution in [0.4, 0.5) is 5.69 Å². The number of ether oxygens (including phenoxy) is 1. The molecule has 0 radical (unpaired) electrons. The number of aryl methyl sites for hydroxylation is 1. The van der Waals surface area contributed by atoms with E-state index in [2.05, 4.69) is 5.32 Å². The molecule has 3 aliphatic rings. The van der Waals surface area contributed by atoms with Gasteiger partial charge in [0.25, 0.3) is 0 Å². The van der Waals surface area contributed by atoms with E-state index in [9.17, 15) is 9.59 Å². The van der Waals surface area contributed by atoms with Crippen LogP contribution in [0.25, 0.3) is 0 Å². The van der Waals surface area contributed by atoms with Crippen LogP contribution >= 0.6 is 0 Å². The molecule has 0 unspecified atom stereocenters. The first-order valence-electron chi connectivity index (χ1n) is 7.21. The minimum absolute atomic E-state index is 0.0244. The SMILES string of the molecule is Cc1ccc(NC(=O)[C@H]2[C@@H]3C[C@H]4[C@@H]2C(=O)O[C@@H]4C3)cc1. The van der Waals surface area contributed by atoms with Crippen LogP contribution in [0, 0.1) is 30.6 Å². The molecule has 1 aromatic rings. The quantitative estimate of drug-likeness (QED) is 0.838. The molecule has 2 bridgehead atoms. The Labute approximate surface area is 117 Å². The summed E-state index contributed by atoms with van der Waals surface area (Å²) < 4.78 is 5.37. The molecule has 104 valence electrons. The molecule has 1 heterocycles. The van der Waals surface area contributed by atoms with Crippen molar-refractivity contribution in [2.45, 2.75) is 25.9 Å². The van der Waals surface area contributed by atoms with Crippen LogP contribution in [0.1, 0.15) is 18.4 Å². The van der Waals surface area contributed by atoms with E-state index in [1.54, 1.807) is 0 Å². The number of benzene rings is 1. The summed E-state index contributed by atoms with van der Waals surface area (Å²) in [7, 11) is 0. The van der Waals surface area contributed by atoms with Crippen molar-refractivity contribution in [2.24, 2.45) is 23.7 Å². The fraction of sp³-hybridized carbons (Fsp3) is 0.500. The van der Waals surface area contributed by atoms with Gasteiger partial charge in [0.1, 0.15) is 6.10 Å². The number of amides is 1. The third-order valence-electron chi connectivity index (χ3n) is 5.11. The second-order valence-electron chi connectivity index (χ2n) is 6.28. The Kier molecular flexibility index (Phi) is 2.43. The summed E-state index contributed by atoms with van der Waals surface area (Å²) in [5.41, 5.74) is 1.96. The molecule has 1 aromatic carbocycles. The second-order valence-corrected chi connectivity index (χ2v) is 6.28. The van der Waals surface area contributed by atoms with Crippen molar-refractivity contribution in [1.29, 1.82) is 0 Å². The highest BCUT2D eigenvalue weighted by atomic mass is 16.6. The van der Waals surface area contributed by atoms with Gasteiger partial charge in [0, 0.05) is 11.6 Å². The molecule has 1 aliphatic heterocycles. The average Bonchev–Trinajstić information content (AvgIpc) is 3.02. The van der Waals surface area contributed by atoms with Gasteiger partial charge in [-0.05, 0) is 37.8 Å². The molecule has 20 heavy (non-hydrogen) atoms. The Morgan fingerprint density at radius 2 is 2.00 bits per heavy atom. The topological polar surface area (TPSA) is 55.4 Å². The van der Waals surface area contributed by atoms with E-state index < -0.39 is 0 Å². The van der Waals surface area contributed by atoms with Gasteiger partial charge in [-0.2, -0.15) is 0 Å². The molecule has 0 spiro atoms. The monoisotopic (exact) mass is 271 g/mol. The smallest absolute Gasteiger partial charge is 0.310 e. The summed E-state index contributed by atoms with van der Waals surface area (Å²) in [6, 6.07) is 7.74. The van der Waals surface area contributed by atoms with Crippen molar-refractivity contribution in [3.63, 3.8) is 0 Å². The Bertz CT molecular complexity index is 578. The molecule has 2 saturated carbocycles. The number of rotatable bonds is 2. The van der Waals surface area contributed by atoms with Crippen molar-refractivity contribution >= 4 is 17.6 Å². The van der Waals surface area contributed by atoms with Crippen LogP contribution in [0.2, 0.25) is 0 Å². The molecule has 1 saturated heterocycles. The van der Waals surface area contributed by atoms with Gasteiger partial charge in [0.2, 0.25) is 5.91 Å². The second kappa shape index (κ2) is 4.08. The van der Waals surface area contributed by atoms with Gasteiger partial charge in [-0.3, -0.25) is 9.59 Å². The standard InChI is InChI=1S/C16H17NO3/c1-8-2-4-10(5-3-8)17-15(18)13-9-6-11-12(7-9)20-16(19)14(11)13/h2-5,9,11-14H,6-7H2,1H3,(H,17,18)/t9-,11-,12-,13+,14+/m1/s1. The van der Waals surface area contributed by atoms with E-state index >= 15 is 0 Å². The molecule has 5 atom stereocenters. The number of carbonyl (C=O) groups excluding carboxylic acids is 2. The molecule has 4 rings (SSSR count). The number of nitrogens with one attached hydrogen (secondary N) is 1. The van der Waals surface area contributed by atoms with Crippen molar-refractivity contribution in [3.05, 3.63) is 29.8 Å². The van der Waals surface area contributed by atoms with E-state index in [0.29, 0.717) is 5.92 Å². The van der Waals surface area contributed by atoms with Crippen LogP contribution < -0.4 is 5.32 Å². The zero-order valence-electron chi connectivity index (χ0n) is 11.3. The van der Waals surface area contributed by atoms with Gasteiger partial charge in [0.15, 0.2) is 0 Å². The Balaban J connectivity index is 1.54. The van der Waals surface area contributed by atoms with Gasteiger partial charge in [-0.25, -0.2) is 0 Å². The maximum absolute atomic E-state index is 12.5. The minimum Gasteiger partial charge on any atom is -0.462 e. The Hall–Kier alpha value is -1.84. The molecule has 4 nitrogen and oxygen atoms in total. The largest absolute Gasteiger partial charge is 0.462 e. The van der Waals surface area contributed by atoms with Crippen LogP contribution in [-0.2, 0) is 14.3 Å². The van der Waals surface area contributed by atoms with Gasteiger partial charge in [-0.15, -0.1) is 0 Å². The maximum atomic E-state index is 12.5. The first kappa shape index (κ1) is 11.9. The zero-order chi connectivity index (χ0) is 13.9. The first-order valence-corrected chi connectivity index (χ1v) is 7.21. The van der Waals surface area contributed by atoms with Crippen molar-refractivity contribution < 1.29 is 14.3 Å². The van der Waals surface area contributed by atoms with E-state index in [-0.39, 0.29) is 35.7 Å². The number of hydrogen-bond donors (Lipinski definition) is 1. The summed E-state index contributed by atoms with van der Waals surface area (Å²) in [5.74, 6) is -0.00220. The van der Waals surface area contributed by atoms with Gasteiger partial charge in [0.05, 0.1) is 11.8 Å². The summed E-state index contributed by atoms with van der Waals surface area (Å²) >= 11 is 0. The zero-order valence-corrected chi connectivity index (χ0v) is 11.3. The number of fused-ring (bicyclic) bond motifs is 1. The molecular weight excluding hydrogens is 254 g/mol. The molecule has 2 aliphatic carbocycles. The summed E-state index contributed by atoms with van der Waals surface area (Å²) in [5, 5.41) is 2.95. The van der Waals surface area contributed by atoms with Gasteiger partial charge < -0.3 is 10.1 Å². The average molecular weight is 271 g/mol. The Morgan fingerprint density at radius 1 is 1.25 bits per heavy atom. The lowest BCUT2D eigenvalue weighted by molar-refractivity contribution is -0.145. The van der Waals surface area contributed by atoms with E-state index in [4.69, 9.17) is 4.74 Å². The van der Waals surface area contributed by atoms with E-state index in [1.807, 2.05) is 31.2 Å².